The lowest BCUT2D eigenvalue weighted by molar-refractivity contribution is 0.229. The van der Waals surface area contributed by atoms with Crippen LogP contribution in [-0.4, -0.2) is 36.1 Å². The Morgan fingerprint density at radius 2 is 1.95 bits per heavy atom. The van der Waals surface area contributed by atoms with Crippen molar-refractivity contribution >= 4 is 10.9 Å². The summed E-state index contributed by atoms with van der Waals surface area (Å²) in [7, 11) is 0. The Labute approximate surface area is 121 Å². The van der Waals surface area contributed by atoms with Crippen molar-refractivity contribution in [2.24, 2.45) is 0 Å². The van der Waals surface area contributed by atoms with Crippen LogP contribution in [0.5, 0.6) is 0 Å². The van der Waals surface area contributed by atoms with Gasteiger partial charge in [0.2, 0.25) is 0 Å². The van der Waals surface area contributed by atoms with E-state index in [0.29, 0.717) is 0 Å². The van der Waals surface area contributed by atoms with Crippen molar-refractivity contribution in [2.75, 3.05) is 26.2 Å². The molecule has 3 rings (SSSR count). The van der Waals surface area contributed by atoms with Crippen molar-refractivity contribution < 1.29 is 0 Å². The van der Waals surface area contributed by atoms with Gasteiger partial charge in [-0.25, -0.2) is 0 Å². The molecule has 1 aromatic heterocycles. The molecule has 3 nitrogen and oxygen atoms in total. The largest absolute Gasteiger partial charge is 0.311 e. The van der Waals surface area contributed by atoms with E-state index in [1.54, 1.807) is 0 Å². The van der Waals surface area contributed by atoms with Gasteiger partial charge in [0.15, 0.2) is 0 Å². The van der Waals surface area contributed by atoms with Gasteiger partial charge in [0.25, 0.3) is 0 Å². The number of hydrogen-bond donors (Lipinski definition) is 1. The molecule has 2 heterocycles. The van der Waals surface area contributed by atoms with Gasteiger partial charge >= 0.3 is 0 Å². The number of hydrogen-bond acceptors (Lipinski definition) is 3. The highest BCUT2D eigenvalue weighted by Gasteiger charge is 2.08. The van der Waals surface area contributed by atoms with Crippen molar-refractivity contribution in [3.8, 4) is 0 Å². The lowest BCUT2D eigenvalue weighted by Crippen LogP contribution is -2.35. The molecule has 20 heavy (non-hydrogen) atoms. The molecule has 0 unspecified atom stereocenters. The Kier molecular flexibility index (Phi) is 4.61. The molecule has 106 valence electrons. The van der Waals surface area contributed by atoms with E-state index in [0.717, 1.165) is 18.6 Å². The summed E-state index contributed by atoms with van der Waals surface area (Å²) in [6.07, 6.45) is 6.01. The highest BCUT2D eigenvalue weighted by Crippen LogP contribution is 2.16. The molecule has 1 N–H and O–H groups in total. The first kappa shape index (κ1) is 13.5. The third-order valence-electron chi connectivity index (χ3n) is 4.10. The second kappa shape index (κ2) is 6.82. The van der Waals surface area contributed by atoms with Crippen LogP contribution in [0.15, 0.2) is 36.5 Å². The van der Waals surface area contributed by atoms with Crippen LogP contribution in [0.4, 0.5) is 0 Å². The zero-order chi connectivity index (χ0) is 13.6. The van der Waals surface area contributed by atoms with Crippen LogP contribution in [0.1, 0.15) is 24.8 Å². The first-order valence-electron chi connectivity index (χ1n) is 7.69. The maximum Gasteiger partial charge on any atom is 0.0705 e. The van der Waals surface area contributed by atoms with Crippen molar-refractivity contribution in [3.05, 3.63) is 42.1 Å². The molecule has 2 aromatic rings. The number of aromatic nitrogens is 1. The zero-order valence-corrected chi connectivity index (χ0v) is 12.0. The molecule has 0 amide bonds. The normalized spacial score (nSPS) is 16.6. The molecular formula is C17H23N3. The van der Waals surface area contributed by atoms with Crippen LogP contribution in [0.2, 0.25) is 0 Å². The third-order valence-corrected chi connectivity index (χ3v) is 4.10. The molecule has 0 radical (unpaired) electrons. The summed E-state index contributed by atoms with van der Waals surface area (Å²) in [5.41, 5.74) is 2.43. The summed E-state index contributed by atoms with van der Waals surface area (Å²) in [6, 6.07) is 10.5. The van der Waals surface area contributed by atoms with Gasteiger partial charge in [0, 0.05) is 31.2 Å². The van der Waals surface area contributed by atoms with Gasteiger partial charge in [-0.1, -0.05) is 24.6 Å². The van der Waals surface area contributed by atoms with Crippen LogP contribution in [-0.2, 0) is 6.54 Å². The predicted molar refractivity (Wildman–Crippen MR) is 83.7 cm³/mol. The van der Waals surface area contributed by atoms with Crippen LogP contribution in [0.3, 0.4) is 0 Å². The second-order valence-corrected chi connectivity index (χ2v) is 5.57. The van der Waals surface area contributed by atoms with Gasteiger partial charge in [0.05, 0.1) is 5.52 Å². The quantitative estimate of drug-likeness (QED) is 0.846. The van der Waals surface area contributed by atoms with Crippen LogP contribution in [0.25, 0.3) is 10.9 Å². The SMILES string of the molecule is c1cc(CNCCN2CCCCC2)c2cccnc2c1. The number of likely N-dealkylation sites (tertiary alicyclic amines) is 1. The number of fused-ring (bicyclic) bond motifs is 1. The van der Waals surface area contributed by atoms with Gasteiger partial charge in [0.1, 0.15) is 0 Å². The molecule has 3 heteroatoms. The second-order valence-electron chi connectivity index (χ2n) is 5.57. The lowest BCUT2D eigenvalue weighted by atomic mass is 10.1. The average Bonchev–Trinajstić information content (AvgIpc) is 2.53. The third kappa shape index (κ3) is 3.35. The number of rotatable bonds is 5. The fourth-order valence-electron chi connectivity index (χ4n) is 2.96. The topological polar surface area (TPSA) is 28.2 Å². The highest BCUT2D eigenvalue weighted by molar-refractivity contribution is 5.81. The molecule has 0 bridgehead atoms. The molecular weight excluding hydrogens is 246 g/mol. The molecule has 0 atom stereocenters. The molecule has 1 saturated heterocycles. The predicted octanol–water partition coefficient (Wildman–Crippen LogP) is 2.81. The molecule has 1 fully saturated rings. The number of pyridine rings is 1. The van der Waals surface area contributed by atoms with E-state index >= 15 is 0 Å². The number of benzene rings is 1. The summed E-state index contributed by atoms with van der Waals surface area (Å²) in [5.74, 6) is 0. The smallest absolute Gasteiger partial charge is 0.0705 e. The van der Waals surface area contributed by atoms with E-state index in [1.807, 2.05) is 12.3 Å². The Morgan fingerprint density at radius 3 is 2.85 bits per heavy atom. The van der Waals surface area contributed by atoms with Gasteiger partial charge < -0.3 is 10.2 Å². The number of piperidine rings is 1. The molecule has 1 aliphatic rings. The van der Waals surface area contributed by atoms with Gasteiger partial charge in [-0.2, -0.15) is 0 Å². The van der Waals surface area contributed by atoms with E-state index < -0.39 is 0 Å². The number of nitrogens with one attached hydrogen (secondary N) is 1. The minimum atomic E-state index is 0.927. The van der Waals surface area contributed by atoms with Crippen molar-refractivity contribution in [1.29, 1.82) is 0 Å². The van der Waals surface area contributed by atoms with Gasteiger partial charge in [-0.3, -0.25) is 4.98 Å². The lowest BCUT2D eigenvalue weighted by Gasteiger charge is -2.26. The van der Waals surface area contributed by atoms with Crippen molar-refractivity contribution in [2.45, 2.75) is 25.8 Å². The standard InChI is InChI=1S/C17H23N3/c1-2-11-20(12-3-1)13-10-18-14-15-6-4-8-17-16(15)7-5-9-19-17/h4-9,18H,1-3,10-14H2. The molecule has 1 aliphatic heterocycles. The summed E-state index contributed by atoms with van der Waals surface area (Å²) in [5, 5.41) is 4.84. The van der Waals surface area contributed by atoms with Crippen LogP contribution in [0, 0.1) is 0 Å². The van der Waals surface area contributed by atoms with E-state index in [4.69, 9.17) is 0 Å². The Morgan fingerprint density at radius 1 is 1.05 bits per heavy atom. The Bertz CT molecular complexity index is 541. The number of nitrogens with zero attached hydrogens (tertiary/aromatic N) is 2. The monoisotopic (exact) mass is 269 g/mol. The van der Waals surface area contributed by atoms with Crippen molar-refractivity contribution in [1.82, 2.24) is 15.2 Å². The average molecular weight is 269 g/mol. The van der Waals surface area contributed by atoms with E-state index in [2.05, 4.69) is 39.5 Å². The van der Waals surface area contributed by atoms with Crippen LogP contribution >= 0.6 is 0 Å². The molecule has 0 aliphatic carbocycles. The Balaban J connectivity index is 1.52. The van der Waals surface area contributed by atoms with Crippen LogP contribution < -0.4 is 5.32 Å². The molecule has 1 aromatic carbocycles. The van der Waals surface area contributed by atoms with Gasteiger partial charge in [-0.15, -0.1) is 0 Å². The van der Waals surface area contributed by atoms with E-state index in [-0.39, 0.29) is 0 Å². The highest BCUT2D eigenvalue weighted by atomic mass is 15.1. The fourth-order valence-corrected chi connectivity index (χ4v) is 2.96. The summed E-state index contributed by atoms with van der Waals surface area (Å²) < 4.78 is 0. The first-order chi connectivity index (χ1) is 9.93. The maximum atomic E-state index is 4.41. The molecule has 0 saturated carbocycles. The fraction of sp³-hybridized carbons (Fsp3) is 0.471. The summed E-state index contributed by atoms with van der Waals surface area (Å²) in [6.45, 7) is 5.72. The maximum absolute atomic E-state index is 4.41. The Hall–Kier alpha value is -1.45. The zero-order valence-electron chi connectivity index (χ0n) is 12.0. The first-order valence-corrected chi connectivity index (χ1v) is 7.69. The van der Waals surface area contributed by atoms with E-state index in [9.17, 15) is 0 Å². The summed E-state index contributed by atoms with van der Waals surface area (Å²) >= 11 is 0. The minimum Gasteiger partial charge on any atom is -0.311 e. The van der Waals surface area contributed by atoms with Crippen molar-refractivity contribution in [3.63, 3.8) is 0 Å². The van der Waals surface area contributed by atoms with Gasteiger partial charge in [-0.05, 0) is 43.6 Å². The minimum absolute atomic E-state index is 0.927. The van der Waals surface area contributed by atoms with E-state index in [1.165, 1.54) is 49.8 Å². The molecule has 0 spiro atoms. The summed E-state index contributed by atoms with van der Waals surface area (Å²) in [4.78, 5) is 6.98.